The zero-order valence-electron chi connectivity index (χ0n) is 12.9. The van der Waals surface area contributed by atoms with Crippen molar-refractivity contribution in [2.45, 2.75) is 6.92 Å². The first-order valence-corrected chi connectivity index (χ1v) is 7.35. The van der Waals surface area contributed by atoms with Crippen LogP contribution in [0.1, 0.15) is 5.56 Å². The van der Waals surface area contributed by atoms with E-state index in [0.29, 0.717) is 11.1 Å². The minimum atomic E-state index is -0.736. The molecule has 3 aromatic carbocycles. The normalized spacial score (nSPS) is 10.5. The van der Waals surface area contributed by atoms with Crippen LogP contribution >= 0.6 is 0 Å². The van der Waals surface area contributed by atoms with E-state index < -0.39 is 22.1 Å². The monoisotopic (exact) mass is 321 g/mol. The quantitative estimate of drug-likeness (QED) is 0.418. The highest BCUT2D eigenvalue weighted by Gasteiger charge is 2.20. The SMILES string of the molecule is Cc1ccccc1-c1ccc(-c2ccc([N+](=O)[O-])c(O)c2O)cc1. The predicted molar refractivity (Wildman–Crippen MR) is 92.0 cm³/mol. The van der Waals surface area contributed by atoms with Crippen molar-refractivity contribution in [3.8, 4) is 33.8 Å². The molecular weight excluding hydrogens is 306 g/mol. The first-order valence-electron chi connectivity index (χ1n) is 7.35. The van der Waals surface area contributed by atoms with Gasteiger partial charge >= 0.3 is 5.69 Å². The van der Waals surface area contributed by atoms with E-state index in [4.69, 9.17) is 0 Å². The molecule has 120 valence electrons. The number of benzene rings is 3. The van der Waals surface area contributed by atoms with E-state index in [-0.39, 0.29) is 0 Å². The number of phenolic OH excluding ortho intramolecular Hbond substituents is 2. The third-order valence-corrected chi connectivity index (χ3v) is 3.98. The van der Waals surface area contributed by atoms with Crippen LogP contribution in [0.5, 0.6) is 11.5 Å². The Bertz CT molecular complexity index is 917. The molecule has 2 N–H and O–H groups in total. The van der Waals surface area contributed by atoms with E-state index in [1.807, 2.05) is 55.5 Å². The first kappa shape index (κ1) is 15.6. The van der Waals surface area contributed by atoms with E-state index in [1.165, 1.54) is 12.1 Å². The van der Waals surface area contributed by atoms with Gasteiger partial charge in [-0.15, -0.1) is 0 Å². The highest BCUT2D eigenvalue weighted by molar-refractivity contribution is 5.78. The van der Waals surface area contributed by atoms with Gasteiger partial charge in [0.1, 0.15) is 0 Å². The smallest absolute Gasteiger partial charge is 0.314 e. The summed E-state index contributed by atoms with van der Waals surface area (Å²) in [7, 11) is 0. The Morgan fingerprint density at radius 1 is 0.792 bits per heavy atom. The molecule has 0 saturated carbocycles. The van der Waals surface area contributed by atoms with Crippen LogP contribution in [0.2, 0.25) is 0 Å². The Hall–Kier alpha value is -3.34. The number of rotatable bonds is 3. The van der Waals surface area contributed by atoms with Gasteiger partial charge in [-0.3, -0.25) is 10.1 Å². The molecule has 0 aliphatic rings. The van der Waals surface area contributed by atoms with Gasteiger partial charge < -0.3 is 10.2 Å². The van der Waals surface area contributed by atoms with Crippen LogP contribution in [0.15, 0.2) is 60.7 Å². The second-order valence-electron chi connectivity index (χ2n) is 5.48. The highest BCUT2D eigenvalue weighted by Crippen LogP contribution is 2.42. The maximum Gasteiger partial charge on any atom is 0.314 e. The molecule has 24 heavy (non-hydrogen) atoms. The molecule has 0 bridgehead atoms. The Morgan fingerprint density at radius 2 is 1.38 bits per heavy atom. The number of nitrogens with zero attached hydrogens (tertiary/aromatic N) is 1. The second kappa shape index (κ2) is 6.04. The summed E-state index contributed by atoms with van der Waals surface area (Å²) in [4.78, 5) is 10.1. The largest absolute Gasteiger partial charge is 0.504 e. The van der Waals surface area contributed by atoms with Gasteiger partial charge in [0.05, 0.1) is 4.92 Å². The van der Waals surface area contributed by atoms with Crippen LogP contribution in [-0.4, -0.2) is 15.1 Å². The number of hydrogen-bond acceptors (Lipinski definition) is 4. The lowest BCUT2D eigenvalue weighted by Gasteiger charge is -2.09. The molecule has 0 amide bonds. The van der Waals surface area contributed by atoms with Crippen LogP contribution in [-0.2, 0) is 0 Å². The van der Waals surface area contributed by atoms with Gasteiger partial charge in [-0.2, -0.15) is 0 Å². The van der Waals surface area contributed by atoms with Gasteiger partial charge in [0, 0.05) is 11.6 Å². The van der Waals surface area contributed by atoms with E-state index in [0.717, 1.165) is 16.7 Å². The van der Waals surface area contributed by atoms with Gasteiger partial charge in [-0.1, -0.05) is 48.5 Å². The molecule has 0 saturated heterocycles. The van der Waals surface area contributed by atoms with Crippen molar-refractivity contribution >= 4 is 5.69 Å². The van der Waals surface area contributed by atoms with Crippen molar-refractivity contribution in [1.82, 2.24) is 0 Å². The second-order valence-corrected chi connectivity index (χ2v) is 5.48. The minimum absolute atomic E-state index is 0.342. The lowest BCUT2D eigenvalue weighted by atomic mass is 9.97. The van der Waals surface area contributed by atoms with Gasteiger partial charge in [0.2, 0.25) is 5.75 Å². The molecule has 3 aromatic rings. The molecule has 0 unspecified atom stereocenters. The molecule has 0 spiro atoms. The maximum atomic E-state index is 10.8. The Morgan fingerprint density at radius 3 is 1.96 bits per heavy atom. The number of aromatic hydroxyl groups is 2. The fraction of sp³-hybridized carbons (Fsp3) is 0.0526. The molecule has 0 aromatic heterocycles. The average Bonchev–Trinajstić information content (AvgIpc) is 2.58. The first-order chi connectivity index (χ1) is 11.5. The lowest BCUT2D eigenvalue weighted by Crippen LogP contribution is -1.90. The lowest BCUT2D eigenvalue weighted by molar-refractivity contribution is -0.385. The number of nitro groups is 1. The van der Waals surface area contributed by atoms with Gasteiger partial charge in [-0.05, 0) is 35.2 Å². The molecule has 0 radical (unpaired) electrons. The summed E-state index contributed by atoms with van der Waals surface area (Å²) in [6, 6.07) is 18.1. The standard InChI is InChI=1S/C19H15NO4/c1-12-4-2-3-5-15(12)13-6-8-14(9-7-13)16-10-11-17(20(23)24)19(22)18(16)21/h2-11,21-22H,1H3. The molecule has 5 heteroatoms. The van der Waals surface area contributed by atoms with Crippen LogP contribution in [0, 0.1) is 17.0 Å². The summed E-state index contributed by atoms with van der Waals surface area (Å²) in [6.45, 7) is 2.03. The van der Waals surface area contributed by atoms with Gasteiger partial charge in [0.25, 0.3) is 0 Å². The van der Waals surface area contributed by atoms with Gasteiger partial charge in [-0.25, -0.2) is 0 Å². The fourth-order valence-corrected chi connectivity index (χ4v) is 2.68. The van der Waals surface area contributed by atoms with Crippen molar-refractivity contribution in [2.24, 2.45) is 0 Å². The van der Waals surface area contributed by atoms with E-state index in [1.54, 1.807) is 0 Å². The Balaban J connectivity index is 2.02. The molecule has 5 nitrogen and oxygen atoms in total. The third-order valence-electron chi connectivity index (χ3n) is 3.98. The Labute approximate surface area is 138 Å². The topological polar surface area (TPSA) is 83.6 Å². The molecule has 0 atom stereocenters. The van der Waals surface area contributed by atoms with E-state index in [2.05, 4.69) is 0 Å². The van der Waals surface area contributed by atoms with Crippen molar-refractivity contribution in [3.05, 3.63) is 76.3 Å². The molecule has 0 aliphatic heterocycles. The summed E-state index contributed by atoms with van der Waals surface area (Å²) in [5.74, 6) is -1.21. The highest BCUT2D eigenvalue weighted by atomic mass is 16.6. The molecule has 0 aliphatic carbocycles. The summed E-state index contributed by atoms with van der Waals surface area (Å²) in [5.41, 5.74) is 3.78. The number of nitro benzene ring substituents is 1. The number of hydrogen-bond donors (Lipinski definition) is 2. The molecular formula is C19H15NO4. The number of aryl methyl sites for hydroxylation is 1. The van der Waals surface area contributed by atoms with Crippen LogP contribution in [0.25, 0.3) is 22.3 Å². The van der Waals surface area contributed by atoms with Crippen molar-refractivity contribution in [3.63, 3.8) is 0 Å². The van der Waals surface area contributed by atoms with Gasteiger partial charge in [0.15, 0.2) is 5.75 Å². The van der Waals surface area contributed by atoms with Crippen molar-refractivity contribution < 1.29 is 15.1 Å². The Kier molecular flexibility index (Phi) is 3.92. The summed E-state index contributed by atoms with van der Waals surface area (Å²) >= 11 is 0. The summed E-state index contributed by atoms with van der Waals surface area (Å²) < 4.78 is 0. The van der Waals surface area contributed by atoms with Crippen molar-refractivity contribution in [1.29, 1.82) is 0 Å². The summed E-state index contributed by atoms with van der Waals surface area (Å²) in [5, 5.41) is 30.6. The maximum absolute atomic E-state index is 10.8. The molecule has 3 rings (SSSR count). The zero-order chi connectivity index (χ0) is 17.3. The molecule has 0 fully saturated rings. The van der Waals surface area contributed by atoms with Crippen LogP contribution < -0.4 is 0 Å². The van der Waals surface area contributed by atoms with E-state index >= 15 is 0 Å². The van der Waals surface area contributed by atoms with Crippen LogP contribution in [0.3, 0.4) is 0 Å². The molecule has 0 heterocycles. The fourth-order valence-electron chi connectivity index (χ4n) is 2.68. The predicted octanol–water partition coefficient (Wildman–Crippen LogP) is 4.65. The number of phenols is 2. The van der Waals surface area contributed by atoms with E-state index in [9.17, 15) is 20.3 Å². The van der Waals surface area contributed by atoms with Crippen molar-refractivity contribution in [2.75, 3.05) is 0 Å². The van der Waals surface area contributed by atoms with Crippen LogP contribution in [0.4, 0.5) is 5.69 Å². The third kappa shape index (κ3) is 2.67. The zero-order valence-corrected chi connectivity index (χ0v) is 12.9. The summed E-state index contributed by atoms with van der Waals surface area (Å²) in [6.07, 6.45) is 0. The minimum Gasteiger partial charge on any atom is -0.504 e. The average molecular weight is 321 g/mol.